The zero-order valence-corrected chi connectivity index (χ0v) is 11.5. The maximum absolute atomic E-state index is 5.75. The topological polar surface area (TPSA) is 9.23 Å². The van der Waals surface area contributed by atoms with Gasteiger partial charge < -0.3 is 4.74 Å². The molecule has 0 fully saturated rings. The first-order valence-electron chi connectivity index (χ1n) is 5.69. The summed E-state index contributed by atoms with van der Waals surface area (Å²) in [7, 11) is 0. The molecule has 0 amide bonds. The summed E-state index contributed by atoms with van der Waals surface area (Å²) in [6, 6.07) is 12.3. The smallest absolute Gasteiger partial charge is 0.134 e. The average molecular weight is 291 g/mol. The highest BCUT2D eigenvalue weighted by atomic mass is 79.9. The maximum atomic E-state index is 5.75. The minimum Gasteiger partial charge on any atom is -0.488 e. The minimum absolute atomic E-state index is 0.577. The Bertz CT molecular complexity index is 546. The van der Waals surface area contributed by atoms with E-state index in [1.807, 2.05) is 18.2 Å². The summed E-state index contributed by atoms with van der Waals surface area (Å²) >= 11 is 3.60. The molecule has 0 bridgehead atoms. The summed E-state index contributed by atoms with van der Waals surface area (Å²) < 4.78 is 6.76. The lowest BCUT2D eigenvalue weighted by Crippen LogP contribution is -2.00. The van der Waals surface area contributed by atoms with Crippen LogP contribution in [0.15, 0.2) is 53.0 Å². The number of hydrogen-bond donors (Lipinski definition) is 0. The third-order valence-electron chi connectivity index (χ3n) is 2.76. The van der Waals surface area contributed by atoms with Crippen LogP contribution in [0, 0.1) is 0 Å². The van der Waals surface area contributed by atoms with Crippen LogP contribution in [-0.4, -0.2) is 6.61 Å². The normalized spacial score (nSPS) is 10.5. The van der Waals surface area contributed by atoms with E-state index in [4.69, 9.17) is 4.74 Å². The monoisotopic (exact) mass is 290 g/mol. The van der Waals surface area contributed by atoms with Crippen LogP contribution in [0.1, 0.15) is 13.3 Å². The van der Waals surface area contributed by atoms with E-state index in [-0.39, 0.29) is 0 Å². The molecule has 0 aliphatic heterocycles. The molecule has 1 nitrogen and oxygen atoms in total. The summed E-state index contributed by atoms with van der Waals surface area (Å²) in [4.78, 5) is 0. The Labute approximate surface area is 110 Å². The van der Waals surface area contributed by atoms with Crippen molar-refractivity contribution in [3.05, 3.63) is 53.0 Å². The number of benzene rings is 2. The van der Waals surface area contributed by atoms with Crippen LogP contribution in [-0.2, 0) is 0 Å². The molecule has 0 aliphatic carbocycles. The highest BCUT2D eigenvalue weighted by Gasteiger charge is 2.05. The lowest BCUT2D eigenvalue weighted by atomic mass is 10.1. The maximum Gasteiger partial charge on any atom is 0.134 e. The van der Waals surface area contributed by atoms with Gasteiger partial charge in [-0.1, -0.05) is 43.8 Å². The summed E-state index contributed by atoms with van der Waals surface area (Å²) in [5, 5.41) is 2.38. The third-order valence-corrected chi connectivity index (χ3v) is 3.58. The van der Waals surface area contributed by atoms with Gasteiger partial charge in [0, 0.05) is 0 Å². The molecule has 0 atom stereocenters. The molecule has 0 heterocycles. The fourth-order valence-electron chi connectivity index (χ4n) is 1.61. The van der Waals surface area contributed by atoms with Gasteiger partial charge >= 0.3 is 0 Å². The lowest BCUT2D eigenvalue weighted by Gasteiger charge is -2.11. The molecule has 0 spiro atoms. The molecule has 0 saturated heterocycles. The molecular weight excluding hydrogens is 276 g/mol. The number of hydrogen-bond acceptors (Lipinski definition) is 1. The van der Waals surface area contributed by atoms with Gasteiger partial charge in [0.05, 0.1) is 4.47 Å². The van der Waals surface area contributed by atoms with E-state index in [2.05, 4.69) is 47.6 Å². The van der Waals surface area contributed by atoms with E-state index in [1.54, 1.807) is 0 Å². The Kier molecular flexibility index (Phi) is 3.85. The molecule has 88 valence electrons. The quantitative estimate of drug-likeness (QED) is 0.724. The van der Waals surface area contributed by atoms with Crippen LogP contribution in [0.25, 0.3) is 10.8 Å². The second-order valence-corrected chi connectivity index (χ2v) is 4.78. The van der Waals surface area contributed by atoms with Crippen LogP contribution in [0.2, 0.25) is 0 Å². The van der Waals surface area contributed by atoms with Gasteiger partial charge in [-0.2, -0.15) is 0 Å². The highest BCUT2D eigenvalue weighted by molar-refractivity contribution is 9.10. The lowest BCUT2D eigenvalue weighted by molar-refractivity contribution is 0.347. The van der Waals surface area contributed by atoms with E-state index < -0.39 is 0 Å². The van der Waals surface area contributed by atoms with Crippen LogP contribution in [0.4, 0.5) is 0 Å². The van der Waals surface area contributed by atoms with Crippen molar-refractivity contribution in [2.75, 3.05) is 6.61 Å². The van der Waals surface area contributed by atoms with Crippen LogP contribution >= 0.6 is 15.9 Å². The minimum atomic E-state index is 0.577. The Morgan fingerprint density at radius 2 is 2.00 bits per heavy atom. The van der Waals surface area contributed by atoms with Crippen molar-refractivity contribution in [3.8, 4) is 5.75 Å². The molecule has 17 heavy (non-hydrogen) atoms. The van der Waals surface area contributed by atoms with E-state index in [0.717, 1.165) is 22.2 Å². The van der Waals surface area contributed by atoms with E-state index in [9.17, 15) is 0 Å². The Hall–Kier alpha value is -1.28. The van der Waals surface area contributed by atoms with Crippen molar-refractivity contribution < 1.29 is 4.74 Å². The number of fused-ring (bicyclic) bond motifs is 1. The molecule has 2 aromatic carbocycles. The van der Waals surface area contributed by atoms with E-state index in [1.165, 1.54) is 10.8 Å². The predicted octanol–water partition coefficient (Wildman–Crippen LogP) is 4.95. The van der Waals surface area contributed by atoms with Gasteiger partial charge in [-0.05, 0) is 44.8 Å². The van der Waals surface area contributed by atoms with Gasteiger partial charge in [0.1, 0.15) is 12.4 Å². The van der Waals surface area contributed by atoms with Crippen LogP contribution < -0.4 is 4.74 Å². The Balaban J connectivity index is 2.29. The van der Waals surface area contributed by atoms with E-state index >= 15 is 0 Å². The van der Waals surface area contributed by atoms with Crippen LogP contribution in [0.3, 0.4) is 0 Å². The van der Waals surface area contributed by atoms with Gasteiger partial charge in [0.2, 0.25) is 0 Å². The number of ether oxygens (including phenoxy) is 1. The molecule has 0 radical (unpaired) electrons. The zero-order valence-electron chi connectivity index (χ0n) is 9.87. The van der Waals surface area contributed by atoms with Crippen LogP contribution in [0.5, 0.6) is 5.75 Å². The molecular formula is C15H15BrO. The van der Waals surface area contributed by atoms with Gasteiger partial charge in [-0.3, -0.25) is 0 Å². The molecule has 2 heteroatoms. The SMILES string of the molecule is C=C(CC)COc1ccc2ccccc2c1Br. The molecule has 0 saturated carbocycles. The molecule has 0 unspecified atom stereocenters. The van der Waals surface area contributed by atoms with Crippen molar-refractivity contribution in [3.63, 3.8) is 0 Å². The van der Waals surface area contributed by atoms with Crippen molar-refractivity contribution in [1.29, 1.82) is 0 Å². The van der Waals surface area contributed by atoms with Crippen molar-refractivity contribution in [1.82, 2.24) is 0 Å². The van der Waals surface area contributed by atoms with Gasteiger partial charge in [0.25, 0.3) is 0 Å². The third kappa shape index (κ3) is 2.70. The number of rotatable bonds is 4. The standard InChI is InChI=1S/C15H15BrO/c1-3-11(2)10-17-14-9-8-12-6-4-5-7-13(12)15(14)16/h4-9H,2-3,10H2,1H3. The second kappa shape index (κ2) is 5.37. The van der Waals surface area contributed by atoms with Crippen molar-refractivity contribution in [2.24, 2.45) is 0 Å². The van der Waals surface area contributed by atoms with Crippen molar-refractivity contribution in [2.45, 2.75) is 13.3 Å². The Morgan fingerprint density at radius 3 is 2.76 bits per heavy atom. The van der Waals surface area contributed by atoms with Gasteiger partial charge in [0.15, 0.2) is 0 Å². The van der Waals surface area contributed by atoms with Crippen molar-refractivity contribution >= 4 is 26.7 Å². The molecule has 2 aromatic rings. The molecule has 0 N–H and O–H groups in total. The Morgan fingerprint density at radius 1 is 1.24 bits per heavy atom. The predicted molar refractivity (Wildman–Crippen MR) is 76.6 cm³/mol. The summed E-state index contributed by atoms with van der Waals surface area (Å²) in [5.41, 5.74) is 1.10. The highest BCUT2D eigenvalue weighted by Crippen LogP contribution is 2.33. The number of halogens is 1. The van der Waals surface area contributed by atoms with E-state index in [0.29, 0.717) is 6.61 Å². The first kappa shape index (κ1) is 12.2. The zero-order chi connectivity index (χ0) is 12.3. The fraction of sp³-hybridized carbons (Fsp3) is 0.200. The summed E-state index contributed by atoms with van der Waals surface area (Å²) in [6.45, 7) is 6.60. The summed E-state index contributed by atoms with van der Waals surface area (Å²) in [5.74, 6) is 0.873. The molecule has 0 aromatic heterocycles. The molecule has 2 rings (SSSR count). The summed E-state index contributed by atoms with van der Waals surface area (Å²) in [6.07, 6.45) is 0.950. The second-order valence-electron chi connectivity index (χ2n) is 3.99. The largest absolute Gasteiger partial charge is 0.488 e. The van der Waals surface area contributed by atoms with Gasteiger partial charge in [-0.25, -0.2) is 0 Å². The van der Waals surface area contributed by atoms with Gasteiger partial charge in [-0.15, -0.1) is 0 Å². The first-order chi connectivity index (χ1) is 8.22. The first-order valence-corrected chi connectivity index (χ1v) is 6.48. The fourth-order valence-corrected chi connectivity index (χ4v) is 2.21. The molecule has 0 aliphatic rings. The average Bonchev–Trinajstić information content (AvgIpc) is 2.38.